The number of benzene rings is 2. The number of aromatic nitrogens is 2. The highest BCUT2D eigenvalue weighted by molar-refractivity contribution is 6.33. The van der Waals surface area contributed by atoms with E-state index in [1.165, 1.54) is 0 Å². The van der Waals surface area contributed by atoms with Gasteiger partial charge >= 0.3 is 5.97 Å². The molecule has 0 amide bonds. The molecule has 0 unspecified atom stereocenters. The van der Waals surface area contributed by atoms with Crippen LogP contribution in [0.4, 0.5) is 0 Å². The molecule has 160 valence electrons. The fourth-order valence-corrected chi connectivity index (χ4v) is 4.20. The first kappa shape index (κ1) is 21.6. The van der Waals surface area contributed by atoms with Gasteiger partial charge in [0.05, 0.1) is 24.4 Å². The number of hydrogen-bond donors (Lipinski definition) is 0. The van der Waals surface area contributed by atoms with Gasteiger partial charge < -0.3 is 14.0 Å². The molecule has 0 aliphatic carbocycles. The van der Waals surface area contributed by atoms with Crippen molar-refractivity contribution in [2.75, 3.05) is 7.11 Å². The number of hydrogen-bond acceptors (Lipinski definition) is 4. The number of halogens is 2. The Labute approximate surface area is 190 Å². The molecule has 0 spiro atoms. The number of nitrogens with zero attached hydrogens (tertiary/aromatic N) is 2. The van der Waals surface area contributed by atoms with E-state index < -0.39 is 5.97 Å². The number of methoxy groups -OCH3 is 1. The van der Waals surface area contributed by atoms with Crippen molar-refractivity contribution in [1.82, 2.24) is 9.55 Å². The van der Waals surface area contributed by atoms with Gasteiger partial charge in [0.15, 0.2) is 5.69 Å². The van der Waals surface area contributed by atoms with Gasteiger partial charge in [-0.3, -0.25) is 0 Å². The SMILES string of the molecule is COCc1c(C(=O)OC(C)C)ncc2c1c1ccccc1n2Cc1cc(Cl)ccc1Cl. The summed E-state index contributed by atoms with van der Waals surface area (Å²) in [5.74, 6) is -0.460. The van der Waals surface area contributed by atoms with E-state index in [1.54, 1.807) is 25.4 Å². The molecule has 0 atom stereocenters. The van der Waals surface area contributed by atoms with E-state index in [2.05, 4.69) is 9.55 Å². The summed E-state index contributed by atoms with van der Waals surface area (Å²) in [5.41, 5.74) is 3.75. The van der Waals surface area contributed by atoms with Crippen LogP contribution in [-0.4, -0.2) is 28.7 Å². The van der Waals surface area contributed by atoms with Crippen LogP contribution in [0.5, 0.6) is 0 Å². The average Bonchev–Trinajstić information content (AvgIpc) is 3.05. The number of para-hydroxylation sites is 1. The second-order valence-electron chi connectivity index (χ2n) is 7.57. The molecule has 5 nitrogen and oxygen atoms in total. The topological polar surface area (TPSA) is 53.4 Å². The Morgan fingerprint density at radius 3 is 2.65 bits per heavy atom. The lowest BCUT2D eigenvalue weighted by Gasteiger charge is -2.13. The van der Waals surface area contributed by atoms with Gasteiger partial charge in [0.25, 0.3) is 0 Å². The molecule has 2 aromatic heterocycles. The van der Waals surface area contributed by atoms with E-state index in [0.29, 0.717) is 22.2 Å². The van der Waals surface area contributed by atoms with Crippen LogP contribution in [-0.2, 0) is 22.6 Å². The summed E-state index contributed by atoms with van der Waals surface area (Å²) < 4.78 is 13.0. The lowest BCUT2D eigenvalue weighted by Crippen LogP contribution is -2.16. The molecule has 2 heterocycles. The van der Waals surface area contributed by atoms with Gasteiger partial charge in [-0.2, -0.15) is 0 Å². The van der Waals surface area contributed by atoms with Crippen molar-refractivity contribution in [2.24, 2.45) is 0 Å². The van der Waals surface area contributed by atoms with Crippen LogP contribution in [0.1, 0.15) is 35.5 Å². The van der Waals surface area contributed by atoms with Crippen LogP contribution in [0.25, 0.3) is 21.8 Å². The predicted molar refractivity (Wildman–Crippen MR) is 124 cm³/mol. The molecule has 0 aliphatic rings. The molecule has 0 saturated carbocycles. The van der Waals surface area contributed by atoms with Crippen molar-refractivity contribution in [3.05, 3.63) is 75.5 Å². The summed E-state index contributed by atoms with van der Waals surface area (Å²) in [6.07, 6.45) is 1.47. The molecule has 0 radical (unpaired) electrons. The van der Waals surface area contributed by atoms with Crippen LogP contribution in [0.3, 0.4) is 0 Å². The van der Waals surface area contributed by atoms with E-state index >= 15 is 0 Å². The number of pyridine rings is 1. The van der Waals surface area contributed by atoms with E-state index in [0.717, 1.165) is 27.4 Å². The van der Waals surface area contributed by atoms with E-state index in [-0.39, 0.29) is 18.4 Å². The number of carbonyl (C=O) groups excluding carboxylic acids is 1. The molecule has 7 heteroatoms. The maximum absolute atomic E-state index is 12.7. The van der Waals surface area contributed by atoms with Crippen LogP contribution in [0.15, 0.2) is 48.7 Å². The molecule has 4 rings (SSSR count). The Hall–Kier alpha value is -2.60. The highest BCUT2D eigenvalue weighted by Gasteiger charge is 2.23. The van der Waals surface area contributed by atoms with Crippen LogP contribution < -0.4 is 0 Å². The summed E-state index contributed by atoms with van der Waals surface area (Å²) in [7, 11) is 1.60. The van der Waals surface area contributed by atoms with Crippen molar-refractivity contribution in [2.45, 2.75) is 33.1 Å². The number of esters is 1. The van der Waals surface area contributed by atoms with Crippen LogP contribution in [0.2, 0.25) is 10.0 Å². The van der Waals surface area contributed by atoms with Crippen molar-refractivity contribution in [1.29, 1.82) is 0 Å². The van der Waals surface area contributed by atoms with Gasteiger partial charge in [-0.15, -0.1) is 0 Å². The van der Waals surface area contributed by atoms with Gasteiger partial charge in [-0.1, -0.05) is 41.4 Å². The van der Waals surface area contributed by atoms with Crippen molar-refractivity contribution < 1.29 is 14.3 Å². The monoisotopic (exact) mass is 456 g/mol. The summed E-state index contributed by atoms with van der Waals surface area (Å²) >= 11 is 12.7. The van der Waals surface area contributed by atoms with E-state index in [4.69, 9.17) is 32.7 Å². The molecule has 2 aromatic carbocycles. The zero-order valence-corrected chi connectivity index (χ0v) is 19.0. The second-order valence-corrected chi connectivity index (χ2v) is 8.42. The summed E-state index contributed by atoms with van der Waals surface area (Å²) in [5, 5.41) is 3.18. The third-order valence-corrected chi connectivity index (χ3v) is 5.68. The highest BCUT2D eigenvalue weighted by atomic mass is 35.5. The van der Waals surface area contributed by atoms with Gasteiger partial charge in [-0.05, 0) is 43.7 Å². The zero-order valence-electron chi connectivity index (χ0n) is 17.5. The largest absolute Gasteiger partial charge is 0.458 e. The quantitative estimate of drug-likeness (QED) is 0.321. The number of fused-ring (bicyclic) bond motifs is 3. The third kappa shape index (κ3) is 4.13. The van der Waals surface area contributed by atoms with E-state index in [1.807, 2.05) is 44.2 Å². The maximum Gasteiger partial charge on any atom is 0.357 e. The Balaban J connectivity index is 1.98. The smallest absolute Gasteiger partial charge is 0.357 e. The van der Waals surface area contributed by atoms with E-state index in [9.17, 15) is 4.79 Å². The molecule has 0 saturated heterocycles. The second kappa shape index (κ2) is 8.87. The standard InChI is InChI=1S/C24H22Cl2N2O3/c1-14(2)31-24(29)23-18(13-30-3)22-17-6-4-5-7-20(17)28(21(22)11-27-23)12-15-10-16(25)8-9-19(15)26/h4-11,14H,12-13H2,1-3H3. The minimum absolute atomic E-state index is 0.235. The normalized spacial score (nSPS) is 11.5. The van der Waals surface area contributed by atoms with Gasteiger partial charge in [0.1, 0.15) is 0 Å². The first-order valence-electron chi connectivity index (χ1n) is 9.93. The molecule has 0 N–H and O–H groups in total. The summed E-state index contributed by atoms with van der Waals surface area (Å²) in [6, 6.07) is 13.4. The summed E-state index contributed by atoms with van der Waals surface area (Å²) in [4.78, 5) is 17.2. The Morgan fingerprint density at radius 2 is 1.90 bits per heavy atom. The lowest BCUT2D eigenvalue weighted by atomic mass is 10.1. The number of ether oxygens (including phenoxy) is 2. The number of carbonyl (C=O) groups is 1. The minimum Gasteiger partial charge on any atom is -0.458 e. The first-order chi connectivity index (χ1) is 14.9. The Bertz CT molecular complexity index is 1280. The van der Waals surface area contributed by atoms with Crippen LogP contribution >= 0.6 is 23.2 Å². The molecule has 4 aromatic rings. The third-order valence-electron chi connectivity index (χ3n) is 5.08. The lowest BCUT2D eigenvalue weighted by molar-refractivity contribution is 0.0366. The average molecular weight is 457 g/mol. The number of rotatable bonds is 6. The zero-order chi connectivity index (χ0) is 22.1. The first-order valence-corrected chi connectivity index (χ1v) is 10.7. The van der Waals surface area contributed by atoms with Crippen molar-refractivity contribution in [3.8, 4) is 0 Å². The molecule has 0 aliphatic heterocycles. The Morgan fingerprint density at radius 1 is 1.13 bits per heavy atom. The Kier molecular flexibility index (Phi) is 6.19. The maximum atomic E-state index is 12.7. The highest BCUT2D eigenvalue weighted by Crippen LogP contribution is 2.34. The summed E-state index contributed by atoms with van der Waals surface area (Å²) in [6.45, 7) is 4.37. The van der Waals surface area contributed by atoms with Crippen molar-refractivity contribution >= 4 is 51.0 Å². The fraction of sp³-hybridized carbons (Fsp3) is 0.250. The minimum atomic E-state index is -0.460. The van der Waals surface area contributed by atoms with Crippen LogP contribution in [0, 0.1) is 0 Å². The van der Waals surface area contributed by atoms with Crippen molar-refractivity contribution in [3.63, 3.8) is 0 Å². The molecule has 31 heavy (non-hydrogen) atoms. The predicted octanol–water partition coefficient (Wildman–Crippen LogP) is 6.26. The fourth-order valence-electron chi connectivity index (χ4n) is 3.83. The van der Waals surface area contributed by atoms with Gasteiger partial charge in [-0.25, -0.2) is 9.78 Å². The molecular formula is C24H22Cl2N2O3. The van der Waals surface area contributed by atoms with Gasteiger partial charge in [0.2, 0.25) is 0 Å². The molecular weight excluding hydrogens is 435 g/mol. The molecule has 0 fully saturated rings. The molecule has 0 bridgehead atoms. The van der Waals surface area contributed by atoms with Gasteiger partial charge in [0, 0.05) is 45.6 Å².